The number of nitrogens with zero attached hydrogens (tertiary/aromatic N) is 2. The van der Waals surface area contributed by atoms with Crippen molar-refractivity contribution in [2.45, 2.75) is 184 Å². The Morgan fingerprint density at radius 2 is 1.32 bits per heavy atom. The molecule has 78 heavy (non-hydrogen) atoms. The summed E-state index contributed by atoms with van der Waals surface area (Å²) >= 11 is 4.49. The van der Waals surface area contributed by atoms with E-state index in [1.807, 2.05) is 36.4 Å². The number of fused-ring (bicyclic) bond motifs is 2. The number of aliphatic hydroxyl groups is 3. The lowest BCUT2D eigenvalue weighted by atomic mass is 9.45. The molecule has 5 N–H and O–H groups in total. The number of halogens is 2. The molecular formula is C61H98I2N4O10Si. The van der Waals surface area contributed by atoms with Gasteiger partial charge in [-0.1, -0.05) is 126 Å². The topological polar surface area (TPSA) is 172 Å². The van der Waals surface area contributed by atoms with Crippen LogP contribution in [0.25, 0.3) is 0 Å². The molecule has 2 amide bonds. The van der Waals surface area contributed by atoms with Crippen molar-refractivity contribution >= 4 is 65.3 Å². The third-order valence-electron chi connectivity index (χ3n) is 19.2. The summed E-state index contributed by atoms with van der Waals surface area (Å²) in [7, 11) is -2.08. The van der Waals surface area contributed by atoms with Crippen molar-refractivity contribution in [1.29, 1.82) is 0 Å². The van der Waals surface area contributed by atoms with Crippen molar-refractivity contribution < 1.29 is 48.5 Å². The number of aliphatic hydroxyl groups excluding tert-OH is 3. The van der Waals surface area contributed by atoms with Crippen LogP contribution >= 0.6 is 45.2 Å². The van der Waals surface area contributed by atoms with Crippen LogP contribution in [-0.2, 0) is 36.8 Å². The molecule has 2 bridgehead atoms. The van der Waals surface area contributed by atoms with Crippen molar-refractivity contribution in [3.63, 3.8) is 0 Å². The van der Waals surface area contributed by atoms with Crippen LogP contribution in [0.1, 0.15) is 121 Å². The Bertz CT molecular complexity index is 2350. The molecule has 14 nitrogen and oxygen atoms in total. The molecule has 15 atom stereocenters. The number of benzene rings is 2. The van der Waals surface area contributed by atoms with Gasteiger partial charge in [0.25, 0.3) is 0 Å². The average molecular weight is 1330 g/mol. The zero-order valence-corrected chi connectivity index (χ0v) is 53.9. The van der Waals surface area contributed by atoms with E-state index in [-0.39, 0.29) is 42.3 Å². The molecular weight excluding hydrogens is 1230 g/mol. The van der Waals surface area contributed by atoms with E-state index < -0.39 is 56.7 Å². The summed E-state index contributed by atoms with van der Waals surface area (Å²) < 4.78 is 20.4. The van der Waals surface area contributed by atoms with Gasteiger partial charge in [0.15, 0.2) is 8.32 Å². The van der Waals surface area contributed by atoms with E-state index in [1.165, 1.54) is 12.8 Å². The number of para-hydroxylation sites is 2. The third kappa shape index (κ3) is 14.6. The second kappa shape index (κ2) is 27.5. The van der Waals surface area contributed by atoms with Gasteiger partial charge in [0.05, 0.1) is 45.7 Å². The van der Waals surface area contributed by atoms with E-state index in [0.29, 0.717) is 80.4 Å². The number of nitrogens with one attached hydrogen (secondary N) is 2. The molecule has 2 aromatic carbocycles. The van der Waals surface area contributed by atoms with Gasteiger partial charge in [-0.2, -0.15) is 10.1 Å². The normalized spacial score (nSPS) is 30.4. The highest BCUT2D eigenvalue weighted by atomic mass is 127. The van der Waals surface area contributed by atoms with E-state index in [0.717, 1.165) is 36.2 Å². The van der Waals surface area contributed by atoms with Crippen LogP contribution in [-0.4, -0.2) is 121 Å². The van der Waals surface area contributed by atoms with Gasteiger partial charge < -0.3 is 39.9 Å². The quantitative estimate of drug-likeness (QED) is 0.0430. The molecule has 440 valence electrons. The first-order chi connectivity index (χ1) is 36.0. The minimum atomic E-state index is -2.08. The minimum Gasteiger partial charge on any atom is -0.488 e. The van der Waals surface area contributed by atoms with Crippen LogP contribution in [0.15, 0.2) is 61.7 Å². The Balaban J connectivity index is 0.000000288. The fourth-order valence-corrected chi connectivity index (χ4v) is 15.3. The fourth-order valence-electron chi connectivity index (χ4n) is 12.8. The summed E-state index contributed by atoms with van der Waals surface area (Å²) in [6.07, 6.45) is 4.10. The Labute approximate surface area is 497 Å². The van der Waals surface area contributed by atoms with Gasteiger partial charge in [-0.3, -0.25) is 19.3 Å². The summed E-state index contributed by atoms with van der Waals surface area (Å²) in [6.45, 7) is 40.1. The van der Waals surface area contributed by atoms with Crippen LogP contribution < -0.4 is 20.1 Å². The molecule has 4 aliphatic carbocycles. The molecule has 0 unspecified atom stereocenters. The Kier molecular flexibility index (Phi) is 23.5. The average Bonchev–Trinajstić information content (AvgIpc) is 4.02. The van der Waals surface area contributed by atoms with Gasteiger partial charge in [-0.15, -0.1) is 0 Å². The van der Waals surface area contributed by atoms with E-state index in [2.05, 4.69) is 151 Å². The number of carbonyl (C=O) groups excluding carboxylic acids is 2. The van der Waals surface area contributed by atoms with Crippen LogP contribution in [0, 0.1) is 65.3 Å². The molecule has 2 saturated heterocycles. The highest BCUT2D eigenvalue weighted by molar-refractivity contribution is 14.1. The Morgan fingerprint density at radius 3 is 1.76 bits per heavy atom. The van der Waals surface area contributed by atoms with Crippen LogP contribution in [0.5, 0.6) is 11.5 Å². The number of hydrogen-bond acceptors (Lipinski definition) is 12. The highest BCUT2D eigenvalue weighted by Gasteiger charge is 2.58. The number of hydrogen-bond donors (Lipinski definition) is 5. The lowest BCUT2D eigenvalue weighted by Gasteiger charge is -2.62. The van der Waals surface area contributed by atoms with Crippen LogP contribution in [0.3, 0.4) is 0 Å². The Hall–Kier alpha value is -2.18. The molecule has 0 radical (unpaired) electrons. The number of rotatable bonds is 22. The van der Waals surface area contributed by atoms with E-state index in [1.54, 1.807) is 36.1 Å². The van der Waals surface area contributed by atoms with Gasteiger partial charge in [0.1, 0.15) is 49.0 Å². The predicted octanol–water partition coefficient (Wildman–Crippen LogP) is 10.9. The maximum atomic E-state index is 14.0. The second-order valence-electron chi connectivity index (χ2n) is 25.7. The lowest BCUT2D eigenvalue weighted by molar-refractivity contribution is -0.183. The molecule has 17 heteroatoms. The van der Waals surface area contributed by atoms with Crippen LogP contribution in [0.4, 0.5) is 0 Å². The monoisotopic (exact) mass is 1330 g/mol. The van der Waals surface area contributed by atoms with Crippen LogP contribution in [0.2, 0.25) is 18.1 Å². The first-order valence-electron chi connectivity index (χ1n) is 28.1. The predicted molar refractivity (Wildman–Crippen MR) is 330 cm³/mol. The van der Waals surface area contributed by atoms with Crippen molar-refractivity contribution in [3.8, 4) is 11.5 Å². The van der Waals surface area contributed by atoms with E-state index in [9.17, 15) is 24.9 Å². The van der Waals surface area contributed by atoms with Crippen molar-refractivity contribution in [2.75, 3.05) is 33.0 Å². The second-order valence-corrected chi connectivity index (χ2v) is 32.9. The SMILES string of the molecule is C.C=CCOc1c(I)cccc1CN1O[C@@H](CO)[C@@H]([C@H](C)O)[C@H]1C(=O)N[C@H]1C[C@H]2C[C@@H]([C@@H]1C)C2(C)C.C=CCOc1c(I)cccc1CN1O[C@@H](CO[Si](C)(C)C(C)(C)C)[C@@H]([C@H](C)O)[C@H]1C(=O)NC[C@@H](C)[C@@H]1C[C@H](C)C1(C)C. The zero-order chi connectivity index (χ0) is 57.1. The minimum absolute atomic E-state index is 0. The Morgan fingerprint density at radius 1 is 0.821 bits per heavy atom. The number of ether oxygens (including phenoxy) is 2. The molecule has 6 aliphatic rings. The van der Waals surface area contributed by atoms with Gasteiger partial charge in [0, 0.05) is 35.5 Å². The summed E-state index contributed by atoms with van der Waals surface area (Å²) in [5, 5.41) is 41.7. The number of hydroxylamine groups is 4. The largest absolute Gasteiger partial charge is 0.488 e. The lowest BCUT2D eigenvalue weighted by Crippen LogP contribution is -2.62. The summed E-state index contributed by atoms with van der Waals surface area (Å²) in [4.78, 5) is 40.4. The third-order valence-corrected chi connectivity index (χ3v) is 25.4. The van der Waals surface area contributed by atoms with E-state index in [4.69, 9.17) is 23.6 Å². The number of amides is 2. The highest BCUT2D eigenvalue weighted by Crippen LogP contribution is 2.61. The standard InChI is InChI=1S/C33H55IN2O5Si.C27H39IN2O5.CH4/c1-12-16-39-30-24(14-13-15-26(30)34)19-36-29(31(38)35-18-21(2)25-17-22(3)33(25,8)9)28(23(4)37)27(41-36)20-40-42(10,11)32(5,6)7;1-6-10-34-25-17(8-7-9-20(25)28)13-30-24(23(16(3)32)22(14-31)35-30)26(33)29-21-12-18-11-19(15(21)2)27(18,4)5;/h12-15,21-23,25,27-29,37H,1,16-20H2,2-11H3,(H,35,38);6-9,15-16,18-19,21-24,31-32H,1,10-14H2,2-5H3,(H,29,33);1H4/t21-,22+,23+,25+,27+,28-,29+;15-,16-,18+,19-,21-,22-,23+,24-;/m10./s1. The van der Waals surface area contributed by atoms with Crippen molar-refractivity contribution in [3.05, 3.63) is 80.0 Å². The maximum absolute atomic E-state index is 14.0. The number of carbonyl (C=O) groups is 2. The molecule has 0 aromatic heterocycles. The molecule has 2 aliphatic heterocycles. The maximum Gasteiger partial charge on any atom is 0.240 e. The summed E-state index contributed by atoms with van der Waals surface area (Å²) in [5.41, 5.74) is 2.39. The molecule has 6 fully saturated rings. The summed E-state index contributed by atoms with van der Waals surface area (Å²) in [6, 6.07) is 10.5. The molecule has 4 saturated carbocycles. The summed E-state index contributed by atoms with van der Waals surface area (Å²) in [5.74, 6) is 3.44. The van der Waals surface area contributed by atoms with Gasteiger partial charge in [-0.05, 0) is 155 Å². The van der Waals surface area contributed by atoms with Gasteiger partial charge in [-0.25, -0.2) is 0 Å². The van der Waals surface area contributed by atoms with Crippen molar-refractivity contribution in [1.82, 2.24) is 20.8 Å². The van der Waals surface area contributed by atoms with Crippen molar-refractivity contribution in [2.24, 2.45) is 58.2 Å². The molecule has 2 aromatic rings. The molecule has 2 heterocycles. The first-order valence-corrected chi connectivity index (χ1v) is 33.2. The van der Waals surface area contributed by atoms with Gasteiger partial charge >= 0.3 is 0 Å². The molecule has 8 rings (SSSR count). The first kappa shape index (κ1) is 66.6. The zero-order valence-electron chi connectivity index (χ0n) is 48.6. The fraction of sp³-hybridized carbons (Fsp3) is 0.705. The molecule has 0 spiro atoms. The van der Waals surface area contributed by atoms with Gasteiger partial charge in [0.2, 0.25) is 11.8 Å². The van der Waals surface area contributed by atoms with E-state index >= 15 is 0 Å². The smallest absolute Gasteiger partial charge is 0.240 e.